The van der Waals surface area contributed by atoms with E-state index in [4.69, 9.17) is 9.84 Å². The minimum atomic E-state index is -1.04. The van der Waals surface area contributed by atoms with E-state index in [1.165, 1.54) is 24.3 Å². The van der Waals surface area contributed by atoms with E-state index in [1.54, 1.807) is 5.38 Å². The molecule has 174 valence electrons. The molecule has 0 bridgehead atoms. The molecule has 0 saturated carbocycles. The van der Waals surface area contributed by atoms with Gasteiger partial charge in [0.25, 0.3) is 5.91 Å². The van der Waals surface area contributed by atoms with Gasteiger partial charge in [-0.3, -0.25) is 4.79 Å². The highest BCUT2D eigenvalue weighted by molar-refractivity contribution is 7.09. The Bertz CT molecular complexity index is 1220. The number of hydrogen-bond donors (Lipinski definition) is 3. The normalized spacial score (nSPS) is 12.6. The van der Waals surface area contributed by atoms with Gasteiger partial charge >= 0.3 is 12.1 Å². The largest absolute Gasteiger partial charge is 0.478 e. The Morgan fingerprint density at radius 1 is 1.06 bits per heavy atom. The van der Waals surface area contributed by atoms with Crippen LogP contribution in [0.25, 0.3) is 11.1 Å². The highest BCUT2D eigenvalue weighted by Crippen LogP contribution is 2.44. The van der Waals surface area contributed by atoms with Crippen LogP contribution < -0.4 is 10.6 Å². The zero-order chi connectivity index (χ0) is 24.1. The van der Waals surface area contributed by atoms with Gasteiger partial charge in [-0.15, -0.1) is 11.3 Å². The van der Waals surface area contributed by atoms with Crippen LogP contribution in [0.3, 0.4) is 0 Å². The van der Waals surface area contributed by atoms with Gasteiger partial charge in [-0.1, -0.05) is 54.6 Å². The number of nitrogens with zero attached hydrogens (tertiary/aromatic N) is 1. The fourth-order valence-corrected chi connectivity index (χ4v) is 4.48. The summed E-state index contributed by atoms with van der Waals surface area (Å²) in [5.41, 5.74) is 4.95. The van der Waals surface area contributed by atoms with Crippen LogP contribution in [0.1, 0.15) is 39.5 Å². The van der Waals surface area contributed by atoms with Gasteiger partial charge in [-0.2, -0.15) is 0 Å². The second kappa shape index (κ2) is 10.3. The van der Waals surface area contributed by atoms with E-state index in [2.05, 4.69) is 39.9 Å². The third-order valence-electron chi connectivity index (χ3n) is 5.52. The lowest BCUT2D eigenvalue weighted by molar-refractivity contribution is -0.132. The van der Waals surface area contributed by atoms with E-state index in [0.717, 1.165) is 22.3 Å². The molecule has 8 nitrogen and oxygen atoms in total. The molecule has 0 radical (unpaired) electrons. The fourth-order valence-electron chi connectivity index (χ4n) is 3.77. The average molecular weight is 478 g/mol. The van der Waals surface area contributed by atoms with E-state index in [-0.39, 0.29) is 36.9 Å². The Balaban J connectivity index is 1.28. The lowest BCUT2D eigenvalue weighted by Crippen LogP contribution is -2.26. The Kier molecular flexibility index (Phi) is 7.03. The molecule has 2 amide bonds. The second-order valence-corrected chi connectivity index (χ2v) is 8.65. The lowest BCUT2D eigenvalue weighted by Gasteiger charge is -2.14. The smallest absolute Gasteiger partial charge is 0.407 e. The number of benzene rings is 2. The maximum Gasteiger partial charge on any atom is 0.407 e. The van der Waals surface area contributed by atoms with Crippen molar-refractivity contribution in [3.63, 3.8) is 0 Å². The van der Waals surface area contributed by atoms with Crippen LogP contribution in [0.15, 0.2) is 65.6 Å². The van der Waals surface area contributed by atoms with E-state index in [9.17, 15) is 14.4 Å². The standard InChI is InChI=1S/C25H23N3O5S/c1-15(24(30)31)10-11-26-23(29)21-14-34-22(28-21)12-27-25(32)33-13-20-18-8-4-2-6-16(18)17-7-3-5-9-19(17)20/h2-10,14,20H,11-13H2,1H3,(H,26,29)(H,27,32)(H,30,31)/b15-10+. The maximum atomic E-state index is 12.3. The van der Waals surface area contributed by atoms with E-state index < -0.39 is 18.0 Å². The van der Waals surface area contributed by atoms with Gasteiger partial charge in [-0.05, 0) is 29.2 Å². The van der Waals surface area contributed by atoms with Crippen LogP contribution in [0.5, 0.6) is 0 Å². The summed E-state index contributed by atoms with van der Waals surface area (Å²) in [5, 5.41) is 16.2. The molecule has 3 aromatic rings. The number of rotatable bonds is 8. The number of amides is 2. The van der Waals surface area contributed by atoms with Crippen LogP contribution in [0.4, 0.5) is 4.79 Å². The number of carboxylic acid groups (broad SMARTS) is 1. The molecule has 0 saturated heterocycles. The SMILES string of the molecule is C/C(=C\CNC(=O)c1csc(CNC(=O)OCC2c3ccccc3-c3ccccc32)n1)C(=O)O. The predicted octanol–water partition coefficient (Wildman–Crippen LogP) is 3.94. The molecule has 0 aliphatic heterocycles. The van der Waals surface area contributed by atoms with Crippen molar-refractivity contribution >= 4 is 29.3 Å². The highest BCUT2D eigenvalue weighted by Gasteiger charge is 2.29. The van der Waals surface area contributed by atoms with Crippen molar-refractivity contribution < 1.29 is 24.2 Å². The van der Waals surface area contributed by atoms with Gasteiger partial charge in [0, 0.05) is 23.4 Å². The fraction of sp³-hybridized carbons (Fsp3) is 0.200. The lowest BCUT2D eigenvalue weighted by atomic mass is 9.98. The highest BCUT2D eigenvalue weighted by atomic mass is 32.1. The number of aliphatic carboxylic acids is 1. The van der Waals surface area contributed by atoms with Gasteiger partial charge in [-0.25, -0.2) is 14.6 Å². The van der Waals surface area contributed by atoms with Crippen molar-refractivity contribution in [2.24, 2.45) is 0 Å². The van der Waals surface area contributed by atoms with Crippen molar-refractivity contribution in [1.29, 1.82) is 0 Å². The molecule has 4 rings (SSSR count). The third kappa shape index (κ3) is 5.15. The molecule has 1 aromatic heterocycles. The number of ether oxygens (including phenoxy) is 1. The first-order valence-electron chi connectivity index (χ1n) is 10.7. The molecule has 34 heavy (non-hydrogen) atoms. The maximum absolute atomic E-state index is 12.3. The summed E-state index contributed by atoms with van der Waals surface area (Å²) in [6.45, 7) is 1.88. The molecule has 2 aromatic carbocycles. The quantitative estimate of drug-likeness (QED) is 0.423. The monoisotopic (exact) mass is 477 g/mol. The summed E-state index contributed by atoms with van der Waals surface area (Å²) in [6, 6.07) is 16.2. The molecule has 0 unspecified atom stereocenters. The summed E-state index contributed by atoms with van der Waals surface area (Å²) in [5.74, 6) is -1.48. The zero-order valence-corrected chi connectivity index (χ0v) is 19.2. The molecule has 1 aliphatic rings. The Morgan fingerprint density at radius 3 is 2.35 bits per heavy atom. The van der Waals surface area contributed by atoms with Gasteiger partial charge in [0.1, 0.15) is 17.3 Å². The number of thiazole rings is 1. The molecule has 1 aliphatic carbocycles. The van der Waals surface area contributed by atoms with Crippen molar-refractivity contribution in [2.75, 3.05) is 13.2 Å². The number of carboxylic acids is 1. The van der Waals surface area contributed by atoms with Crippen LogP contribution in [-0.4, -0.2) is 41.2 Å². The molecule has 9 heteroatoms. The average Bonchev–Trinajstić information content (AvgIpc) is 3.44. The Morgan fingerprint density at radius 2 is 1.71 bits per heavy atom. The van der Waals surface area contributed by atoms with E-state index in [1.807, 2.05) is 24.3 Å². The molecular formula is C25H23N3O5S. The number of nitrogens with one attached hydrogen (secondary N) is 2. The summed E-state index contributed by atoms with van der Waals surface area (Å²) < 4.78 is 5.50. The van der Waals surface area contributed by atoms with E-state index >= 15 is 0 Å². The summed E-state index contributed by atoms with van der Waals surface area (Å²) >= 11 is 1.24. The number of carbonyl (C=O) groups is 3. The van der Waals surface area contributed by atoms with Crippen LogP contribution in [0.2, 0.25) is 0 Å². The summed E-state index contributed by atoms with van der Waals surface area (Å²) in [6.07, 6.45) is 0.851. The van der Waals surface area contributed by atoms with Crippen LogP contribution in [0, 0.1) is 0 Å². The predicted molar refractivity (Wildman–Crippen MR) is 128 cm³/mol. The first-order chi connectivity index (χ1) is 16.4. The number of fused-ring (bicyclic) bond motifs is 3. The summed E-state index contributed by atoms with van der Waals surface area (Å²) in [4.78, 5) is 39.4. The van der Waals surface area contributed by atoms with Gasteiger partial charge in [0.15, 0.2) is 0 Å². The molecular weight excluding hydrogens is 454 g/mol. The van der Waals surface area contributed by atoms with Crippen molar-refractivity contribution in [3.8, 4) is 11.1 Å². The number of alkyl carbamates (subject to hydrolysis) is 1. The molecule has 1 heterocycles. The molecule has 0 atom stereocenters. The number of aromatic nitrogens is 1. The van der Waals surface area contributed by atoms with Crippen LogP contribution in [-0.2, 0) is 16.1 Å². The first kappa shape index (κ1) is 23.2. The van der Waals surface area contributed by atoms with Crippen molar-refractivity contribution in [2.45, 2.75) is 19.4 Å². The summed E-state index contributed by atoms with van der Waals surface area (Å²) in [7, 11) is 0. The Hall–Kier alpha value is -3.98. The second-order valence-electron chi connectivity index (χ2n) is 7.71. The molecule has 0 fully saturated rings. The van der Waals surface area contributed by atoms with Crippen molar-refractivity contribution in [1.82, 2.24) is 15.6 Å². The Labute approximate surface area is 200 Å². The number of hydrogen-bond acceptors (Lipinski definition) is 6. The molecule has 0 spiro atoms. The van der Waals surface area contributed by atoms with Gasteiger partial charge in [0.05, 0.1) is 6.54 Å². The third-order valence-corrected chi connectivity index (χ3v) is 6.37. The van der Waals surface area contributed by atoms with Gasteiger partial charge in [0.2, 0.25) is 0 Å². The van der Waals surface area contributed by atoms with E-state index in [0.29, 0.717) is 5.01 Å². The first-order valence-corrected chi connectivity index (χ1v) is 11.5. The molecule has 3 N–H and O–H groups in total. The topological polar surface area (TPSA) is 118 Å². The zero-order valence-electron chi connectivity index (χ0n) is 18.4. The van der Waals surface area contributed by atoms with Crippen molar-refractivity contribution in [3.05, 3.63) is 87.4 Å². The van der Waals surface area contributed by atoms with Crippen LogP contribution >= 0.6 is 11.3 Å². The van der Waals surface area contributed by atoms with Gasteiger partial charge < -0.3 is 20.5 Å². The minimum absolute atomic E-state index is 0.0212. The minimum Gasteiger partial charge on any atom is -0.478 e. The number of carbonyl (C=O) groups excluding carboxylic acids is 2.